The number of halogens is 3. The van der Waals surface area contributed by atoms with Crippen molar-refractivity contribution in [1.82, 2.24) is 14.3 Å². The van der Waals surface area contributed by atoms with Crippen molar-refractivity contribution < 1.29 is 19.1 Å². The number of esters is 1. The number of fused-ring (bicyclic) bond motifs is 3. The second-order valence-electron chi connectivity index (χ2n) is 12.3. The van der Waals surface area contributed by atoms with Gasteiger partial charge in [-0.05, 0) is 100 Å². The number of methoxy groups -OCH3 is 1. The third kappa shape index (κ3) is 6.12. The van der Waals surface area contributed by atoms with Gasteiger partial charge in [-0.2, -0.15) is 5.10 Å². The molecule has 0 saturated carbocycles. The zero-order valence-corrected chi connectivity index (χ0v) is 30.9. The van der Waals surface area contributed by atoms with Crippen molar-refractivity contribution in [2.45, 2.75) is 53.5 Å². The predicted octanol–water partition coefficient (Wildman–Crippen LogP) is 9.19. The third-order valence-electron chi connectivity index (χ3n) is 9.11. The van der Waals surface area contributed by atoms with E-state index in [1.807, 2.05) is 69.8 Å². The molecule has 11 heteroatoms. The van der Waals surface area contributed by atoms with Crippen LogP contribution in [0.15, 0.2) is 46.9 Å². The van der Waals surface area contributed by atoms with Gasteiger partial charge in [-0.1, -0.05) is 45.2 Å². The van der Waals surface area contributed by atoms with Gasteiger partial charge >= 0.3 is 5.97 Å². The number of hydrogen-bond donors (Lipinski definition) is 0. The molecule has 3 heterocycles. The Morgan fingerprint density at radius 2 is 1.73 bits per heavy atom. The highest BCUT2D eigenvalue weighted by atomic mass is 79.9. The summed E-state index contributed by atoms with van der Waals surface area (Å²) in [6, 6.07) is 13.1. The van der Waals surface area contributed by atoms with E-state index in [2.05, 4.69) is 20.5 Å². The van der Waals surface area contributed by atoms with Crippen LogP contribution in [0.2, 0.25) is 10.0 Å². The fraction of sp³-hybridized carbons (Fsp3) is 0.324. The molecular formula is C37H37BrCl2N4O4. The molecule has 8 nitrogen and oxygen atoms in total. The minimum atomic E-state index is -0.470. The minimum absolute atomic E-state index is 0.140. The fourth-order valence-corrected chi connectivity index (χ4v) is 7.68. The molecule has 48 heavy (non-hydrogen) atoms. The molecule has 1 amide bonds. The highest BCUT2D eigenvalue weighted by Gasteiger charge is 2.33. The van der Waals surface area contributed by atoms with Crippen molar-refractivity contribution in [2.24, 2.45) is 7.05 Å². The lowest BCUT2D eigenvalue weighted by Crippen LogP contribution is -2.32. The maximum absolute atomic E-state index is 14.8. The zero-order chi connectivity index (χ0) is 34.4. The van der Waals surface area contributed by atoms with Gasteiger partial charge in [-0.15, -0.1) is 0 Å². The topological polar surface area (TPSA) is 78.6 Å². The first-order valence-electron chi connectivity index (χ1n) is 15.9. The molecular weight excluding hydrogens is 715 g/mol. The first-order chi connectivity index (χ1) is 22.9. The Labute approximate surface area is 298 Å². The lowest BCUT2D eigenvalue weighted by Gasteiger charge is -2.22. The molecule has 0 atom stereocenters. The Morgan fingerprint density at radius 3 is 2.40 bits per heavy atom. The monoisotopic (exact) mass is 750 g/mol. The van der Waals surface area contributed by atoms with Crippen LogP contribution in [0, 0.1) is 27.7 Å². The summed E-state index contributed by atoms with van der Waals surface area (Å²) < 4.78 is 15.9. The predicted molar refractivity (Wildman–Crippen MR) is 195 cm³/mol. The smallest absolute Gasteiger partial charge is 0.337 e. The van der Waals surface area contributed by atoms with Gasteiger partial charge in [0.25, 0.3) is 5.91 Å². The van der Waals surface area contributed by atoms with Crippen LogP contribution in [0.25, 0.3) is 22.0 Å². The quantitative estimate of drug-likeness (QED) is 0.117. The van der Waals surface area contributed by atoms with E-state index in [-0.39, 0.29) is 5.91 Å². The number of ether oxygens (including phenoxy) is 2. The number of benzene rings is 3. The number of carbonyl (C=O) groups excluding carboxylic acids is 2. The molecule has 250 valence electrons. The summed E-state index contributed by atoms with van der Waals surface area (Å²) in [5.74, 6) is 0.159. The number of amides is 1. The summed E-state index contributed by atoms with van der Waals surface area (Å²) in [6.45, 7) is 9.50. The Morgan fingerprint density at radius 1 is 1.00 bits per heavy atom. The van der Waals surface area contributed by atoms with Crippen LogP contribution in [0.5, 0.6) is 5.75 Å². The number of anilines is 1. The fourth-order valence-electron chi connectivity index (χ4n) is 6.84. The van der Waals surface area contributed by atoms with E-state index in [1.54, 1.807) is 17.0 Å². The van der Waals surface area contributed by atoms with E-state index >= 15 is 0 Å². The van der Waals surface area contributed by atoms with E-state index in [0.717, 1.165) is 60.9 Å². The molecule has 2 aromatic heterocycles. The standard InChI is InChI=1S/C37H37BrCl2N4O4/c1-20-15-27(16-21(2)33(20)40)48-14-7-9-28-29-10-11-30(39)32(31-22(3)41-42(5)23(31)4)34(29)44-13-8-12-43(36(45)35(28)44)26-18-24(37(46)47-6)17-25(38)19-26/h10-11,15-19H,7-9,12-14H2,1-6H3. The van der Waals surface area contributed by atoms with Gasteiger partial charge in [0.2, 0.25) is 0 Å². The Bertz CT molecular complexity index is 2080. The number of aryl methyl sites for hydroxylation is 6. The van der Waals surface area contributed by atoms with E-state index in [9.17, 15) is 9.59 Å². The maximum Gasteiger partial charge on any atom is 0.337 e. The lowest BCUT2D eigenvalue weighted by molar-refractivity contribution is 0.0600. The third-order valence-corrected chi connectivity index (χ3v) is 10.5. The van der Waals surface area contributed by atoms with Crippen LogP contribution in [0.3, 0.4) is 0 Å². The number of aromatic nitrogens is 3. The number of rotatable bonds is 8. The Balaban J connectivity index is 1.48. The van der Waals surface area contributed by atoms with E-state index in [4.69, 9.17) is 37.8 Å². The summed E-state index contributed by atoms with van der Waals surface area (Å²) in [7, 11) is 3.27. The van der Waals surface area contributed by atoms with Gasteiger partial charge in [0, 0.05) is 57.5 Å². The van der Waals surface area contributed by atoms with Crippen LogP contribution >= 0.6 is 39.1 Å². The average Bonchev–Trinajstić information content (AvgIpc) is 3.42. The van der Waals surface area contributed by atoms with Crippen LogP contribution in [0.4, 0.5) is 5.69 Å². The molecule has 6 rings (SSSR count). The first-order valence-corrected chi connectivity index (χ1v) is 17.4. The number of hydrogen-bond acceptors (Lipinski definition) is 5. The summed E-state index contributed by atoms with van der Waals surface area (Å²) >= 11 is 16.9. The second-order valence-corrected chi connectivity index (χ2v) is 14.0. The van der Waals surface area contributed by atoms with Crippen LogP contribution in [0.1, 0.15) is 61.8 Å². The number of carbonyl (C=O) groups is 2. The van der Waals surface area contributed by atoms with Crippen LogP contribution in [-0.2, 0) is 24.8 Å². The molecule has 5 aromatic rings. The maximum atomic E-state index is 14.8. The second kappa shape index (κ2) is 13.6. The first kappa shape index (κ1) is 34.1. The normalized spacial score (nSPS) is 13.2. The highest BCUT2D eigenvalue weighted by Crippen LogP contribution is 2.43. The highest BCUT2D eigenvalue weighted by molar-refractivity contribution is 9.10. The lowest BCUT2D eigenvalue weighted by atomic mass is 9.98. The van der Waals surface area contributed by atoms with Crippen molar-refractivity contribution in [2.75, 3.05) is 25.2 Å². The molecule has 0 bridgehead atoms. The minimum Gasteiger partial charge on any atom is -0.494 e. The van der Waals surface area contributed by atoms with Gasteiger partial charge in [0.15, 0.2) is 0 Å². The van der Waals surface area contributed by atoms with Crippen LogP contribution < -0.4 is 9.64 Å². The van der Waals surface area contributed by atoms with Gasteiger partial charge in [0.1, 0.15) is 11.4 Å². The largest absolute Gasteiger partial charge is 0.494 e. The van der Waals surface area contributed by atoms with Crippen molar-refractivity contribution in [3.8, 4) is 16.9 Å². The SMILES string of the molecule is COC(=O)c1cc(Br)cc(N2CCCn3c(c(CCCOc4cc(C)c(Cl)c(C)c4)c4ccc(Cl)c(-c5c(C)nn(C)c5C)c43)C2=O)c1. The summed E-state index contributed by atoms with van der Waals surface area (Å²) in [5, 5.41) is 7.01. The molecule has 1 aliphatic rings. The van der Waals surface area contributed by atoms with Gasteiger partial charge in [-0.3, -0.25) is 9.48 Å². The summed E-state index contributed by atoms with van der Waals surface area (Å²) in [4.78, 5) is 29.1. The van der Waals surface area contributed by atoms with Crippen molar-refractivity contribution in [3.05, 3.63) is 96.3 Å². The van der Waals surface area contributed by atoms with E-state index in [0.29, 0.717) is 65.4 Å². The average molecular weight is 753 g/mol. The van der Waals surface area contributed by atoms with E-state index in [1.165, 1.54) is 7.11 Å². The summed E-state index contributed by atoms with van der Waals surface area (Å²) in [6.07, 6.45) is 1.96. The van der Waals surface area contributed by atoms with E-state index < -0.39 is 5.97 Å². The molecule has 0 unspecified atom stereocenters. The van der Waals surface area contributed by atoms with Gasteiger partial charge in [-0.25, -0.2) is 4.79 Å². The molecule has 0 spiro atoms. The zero-order valence-electron chi connectivity index (χ0n) is 27.8. The van der Waals surface area contributed by atoms with Gasteiger partial charge in [0.05, 0.1) is 35.5 Å². The molecule has 1 aliphatic heterocycles. The van der Waals surface area contributed by atoms with Crippen LogP contribution in [-0.4, -0.2) is 46.5 Å². The molecule has 0 fully saturated rings. The Kier molecular flexibility index (Phi) is 9.67. The van der Waals surface area contributed by atoms with Crippen molar-refractivity contribution >= 4 is 67.6 Å². The van der Waals surface area contributed by atoms with Gasteiger partial charge < -0.3 is 18.9 Å². The number of nitrogens with zero attached hydrogens (tertiary/aromatic N) is 4. The molecule has 0 aliphatic carbocycles. The molecule has 0 radical (unpaired) electrons. The molecule has 0 saturated heterocycles. The summed E-state index contributed by atoms with van der Waals surface area (Å²) in [5.41, 5.74) is 9.11. The molecule has 3 aromatic carbocycles. The molecule has 0 N–H and O–H groups in total. The van der Waals surface area contributed by atoms with Crippen molar-refractivity contribution in [1.29, 1.82) is 0 Å². The van der Waals surface area contributed by atoms with Crippen molar-refractivity contribution in [3.63, 3.8) is 0 Å². The Hall–Kier alpha value is -3.79.